The van der Waals surface area contributed by atoms with Gasteiger partial charge in [-0.2, -0.15) is 8.78 Å². The van der Waals surface area contributed by atoms with E-state index in [4.69, 9.17) is 4.74 Å². The molecule has 1 heterocycles. The van der Waals surface area contributed by atoms with Crippen LogP contribution in [-0.2, 0) is 25.7 Å². The van der Waals surface area contributed by atoms with Crippen LogP contribution in [0.5, 0.6) is 5.75 Å². The Morgan fingerprint density at radius 1 is 1.02 bits per heavy atom. The summed E-state index contributed by atoms with van der Waals surface area (Å²) in [5.41, 5.74) is 0.252. The minimum atomic E-state index is -1.84. The number of carbonyl (C=O) groups is 4. The molecule has 3 atom stereocenters. The summed E-state index contributed by atoms with van der Waals surface area (Å²) < 4.78 is 73.9. The maximum atomic E-state index is 14.0. The highest BCUT2D eigenvalue weighted by atomic mass is 19.2. The van der Waals surface area contributed by atoms with Gasteiger partial charge in [0.1, 0.15) is 12.4 Å². The van der Waals surface area contributed by atoms with Gasteiger partial charge in [-0.15, -0.1) is 0 Å². The molecule has 2 aromatic rings. The van der Waals surface area contributed by atoms with Crippen LogP contribution in [0.1, 0.15) is 45.1 Å². The van der Waals surface area contributed by atoms with Gasteiger partial charge in [0, 0.05) is 43.0 Å². The lowest BCUT2D eigenvalue weighted by atomic mass is 9.91. The standard InChI is InChI=1S/C29H32F5N3O5/c1-15(2)9-18(11-24(39)36-13-17-5-3-4-6-19(17)30)29(41)37-22(10-16-7-8-35-28(16)40)23(38)14-42-27-25(33)20(31)12-21(32)26(27)34/h3-6,12,15-16,18,22H,7-11,13-14H2,1-2H3,(H,35,40)(H,36,39)(H,37,41). The molecule has 0 aromatic heterocycles. The second-order valence-corrected chi connectivity index (χ2v) is 10.5. The van der Waals surface area contributed by atoms with E-state index in [1.807, 2.05) is 13.8 Å². The summed E-state index contributed by atoms with van der Waals surface area (Å²) >= 11 is 0. The number of carbonyl (C=O) groups excluding carboxylic acids is 4. The fourth-order valence-corrected chi connectivity index (χ4v) is 4.62. The molecule has 0 radical (unpaired) electrons. The molecule has 2 aromatic carbocycles. The van der Waals surface area contributed by atoms with Crippen LogP contribution in [0.4, 0.5) is 22.0 Å². The first-order valence-electron chi connectivity index (χ1n) is 13.4. The van der Waals surface area contributed by atoms with Crippen molar-refractivity contribution < 1.29 is 45.9 Å². The molecule has 1 saturated heterocycles. The van der Waals surface area contributed by atoms with E-state index in [1.54, 1.807) is 6.07 Å². The number of nitrogens with one attached hydrogen (secondary N) is 3. The number of hydrogen-bond acceptors (Lipinski definition) is 5. The second-order valence-electron chi connectivity index (χ2n) is 10.5. The van der Waals surface area contributed by atoms with Crippen molar-refractivity contribution in [3.8, 4) is 5.75 Å². The molecule has 0 bridgehead atoms. The van der Waals surface area contributed by atoms with Crippen molar-refractivity contribution in [1.82, 2.24) is 16.0 Å². The zero-order valence-electron chi connectivity index (χ0n) is 23.1. The summed E-state index contributed by atoms with van der Waals surface area (Å²) in [6, 6.07) is 4.47. The van der Waals surface area contributed by atoms with Crippen molar-refractivity contribution in [2.45, 2.75) is 52.1 Å². The lowest BCUT2D eigenvalue weighted by molar-refractivity contribution is -0.134. The van der Waals surface area contributed by atoms with Gasteiger partial charge in [0.25, 0.3) is 0 Å². The third kappa shape index (κ3) is 8.73. The molecule has 1 aliphatic heterocycles. The third-order valence-electron chi connectivity index (χ3n) is 6.81. The molecule has 3 unspecified atom stereocenters. The highest BCUT2D eigenvalue weighted by Crippen LogP contribution is 2.27. The molecule has 1 aliphatic rings. The van der Waals surface area contributed by atoms with Gasteiger partial charge in [0.15, 0.2) is 23.2 Å². The number of hydrogen-bond donors (Lipinski definition) is 3. The second kappa shape index (κ2) is 14.7. The monoisotopic (exact) mass is 597 g/mol. The van der Waals surface area contributed by atoms with Crippen LogP contribution in [0.2, 0.25) is 0 Å². The number of halogens is 5. The molecule has 3 N–H and O–H groups in total. The van der Waals surface area contributed by atoms with Gasteiger partial charge in [-0.05, 0) is 31.2 Å². The van der Waals surface area contributed by atoms with Crippen LogP contribution in [0.3, 0.4) is 0 Å². The number of ketones is 1. The highest BCUT2D eigenvalue weighted by Gasteiger charge is 2.34. The van der Waals surface area contributed by atoms with E-state index in [1.165, 1.54) is 18.2 Å². The van der Waals surface area contributed by atoms with E-state index in [0.717, 1.165) is 0 Å². The maximum absolute atomic E-state index is 14.0. The molecule has 0 aliphatic carbocycles. The first-order chi connectivity index (χ1) is 19.9. The number of benzene rings is 2. The summed E-state index contributed by atoms with van der Waals surface area (Å²) in [5, 5.41) is 7.69. The predicted octanol–water partition coefficient (Wildman–Crippen LogP) is 3.71. The van der Waals surface area contributed by atoms with Crippen molar-refractivity contribution in [3.63, 3.8) is 0 Å². The quantitative estimate of drug-likeness (QED) is 0.227. The summed E-state index contributed by atoms with van der Waals surface area (Å²) in [7, 11) is 0. The number of rotatable bonds is 14. The molecular formula is C29H32F5N3O5. The topological polar surface area (TPSA) is 114 Å². The van der Waals surface area contributed by atoms with Crippen LogP contribution in [0.15, 0.2) is 30.3 Å². The maximum Gasteiger partial charge on any atom is 0.224 e. The Bertz CT molecular complexity index is 1300. The molecule has 0 spiro atoms. The minimum Gasteiger partial charge on any atom is -0.479 e. The first-order valence-corrected chi connectivity index (χ1v) is 13.4. The zero-order valence-corrected chi connectivity index (χ0v) is 23.1. The minimum absolute atomic E-state index is 0.0115. The lowest BCUT2D eigenvalue weighted by Crippen LogP contribution is -2.47. The Labute approximate surface area is 239 Å². The van der Waals surface area contributed by atoms with Crippen LogP contribution in [0.25, 0.3) is 0 Å². The number of ether oxygens (including phenoxy) is 1. The highest BCUT2D eigenvalue weighted by molar-refractivity contribution is 5.93. The van der Waals surface area contributed by atoms with Crippen LogP contribution in [0, 0.1) is 46.8 Å². The van der Waals surface area contributed by atoms with Crippen molar-refractivity contribution in [2.75, 3.05) is 13.2 Å². The Kier molecular flexibility index (Phi) is 11.4. The van der Waals surface area contributed by atoms with Gasteiger partial charge in [0.2, 0.25) is 29.4 Å². The van der Waals surface area contributed by atoms with Crippen molar-refractivity contribution in [3.05, 3.63) is 65.0 Å². The molecule has 8 nitrogen and oxygen atoms in total. The van der Waals surface area contributed by atoms with Gasteiger partial charge < -0.3 is 20.7 Å². The third-order valence-corrected chi connectivity index (χ3v) is 6.81. The van der Waals surface area contributed by atoms with Gasteiger partial charge >= 0.3 is 0 Å². The Morgan fingerprint density at radius 3 is 2.29 bits per heavy atom. The van der Waals surface area contributed by atoms with Gasteiger partial charge in [-0.1, -0.05) is 32.0 Å². The lowest BCUT2D eigenvalue weighted by Gasteiger charge is -2.24. The van der Waals surface area contributed by atoms with E-state index in [-0.39, 0.29) is 49.3 Å². The molecule has 3 amide bonds. The average molecular weight is 598 g/mol. The van der Waals surface area contributed by atoms with Crippen LogP contribution >= 0.6 is 0 Å². The number of amides is 3. The van der Waals surface area contributed by atoms with E-state index in [2.05, 4.69) is 16.0 Å². The predicted molar refractivity (Wildman–Crippen MR) is 140 cm³/mol. The molecule has 228 valence electrons. The van der Waals surface area contributed by atoms with Crippen molar-refractivity contribution >= 4 is 23.5 Å². The van der Waals surface area contributed by atoms with Crippen molar-refractivity contribution in [1.29, 1.82) is 0 Å². The summed E-state index contributed by atoms with van der Waals surface area (Å²) in [6.45, 7) is 2.79. The molecular weight excluding hydrogens is 565 g/mol. The summed E-state index contributed by atoms with van der Waals surface area (Å²) in [6.07, 6.45) is 0.111. The summed E-state index contributed by atoms with van der Waals surface area (Å²) in [5.74, 6) is -13.2. The SMILES string of the molecule is CC(C)CC(CC(=O)NCc1ccccc1F)C(=O)NC(CC1CCNC1=O)C(=O)COc1c(F)c(F)cc(F)c1F. The molecule has 13 heteroatoms. The zero-order chi connectivity index (χ0) is 31.0. The smallest absolute Gasteiger partial charge is 0.224 e. The molecule has 1 fully saturated rings. The van der Waals surface area contributed by atoms with Gasteiger partial charge in [-0.3, -0.25) is 19.2 Å². The fraction of sp³-hybridized carbons (Fsp3) is 0.448. The van der Waals surface area contributed by atoms with E-state index in [9.17, 15) is 41.1 Å². The number of Topliss-reactive ketones (excluding diaryl/α,β-unsaturated/α-hetero) is 1. The molecule has 3 rings (SSSR count). The Hall–Kier alpha value is -4.03. The summed E-state index contributed by atoms with van der Waals surface area (Å²) in [4.78, 5) is 51.2. The van der Waals surface area contributed by atoms with Crippen molar-refractivity contribution in [2.24, 2.45) is 17.8 Å². The normalized spacial score (nSPS) is 16.1. The first kappa shape index (κ1) is 32.5. The largest absolute Gasteiger partial charge is 0.479 e. The Balaban J connectivity index is 1.73. The molecule has 42 heavy (non-hydrogen) atoms. The van der Waals surface area contributed by atoms with Crippen LogP contribution in [-0.4, -0.2) is 42.7 Å². The van der Waals surface area contributed by atoms with Gasteiger partial charge in [0.05, 0.1) is 6.04 Å². The average Bonchev–Trinajstić information content (AvgIpc) is 3.34. The van der Waals surface area contributed by atoms with E-state index < -0.39 is 76.9 Å². The van der Waals surface area contributed by atoms with E-state index in [0.29, 0.717) is 13.0 Å². The Morgan fingerprint density at radius 2 is 1.69 bits per heavy atom. The van der Waals surface area contributed by atoms with Crippen LogP contribution < -0.4 is 20.7 Å². The molecule has 0 saturated carbocycles. The fourth-order valence-electron chi connectivity index (χ4n) is 4.62. The van der Waals surface area contributed by atoms with E-state index >= 15 is 0 Å². The van der Waals surface area contributed by atoms with Gasteiger partial charge in [-0.25, -0.2) is 13.2 Å².